The molecule has 1 fully saturated rings. The summed E-state index contributed by atoms with van der Waals surface area (Å²) in [5, 5.41) is 0. The molecule has 2 N–H and O–H groups in total. The van der Waals surface area contributed by atoms with Gasteiger partial charge < -0.3 is 15.5 Å². The Bertz CT molecular complexity index is 416. The van der Waals surface area contributed by atoms with Gasteiger partial charge in [0.15, 0.2) is 0 Å². The second kappa shape index (κ2) is 5.29. The molecule has 0 saturated carbocycles. The minimum atomic E-state index is 0.416. The Morgan fingerprint density at radius 1 is 1.28 bits per heavy atom. The predicted octanol–water partition coefficient (Wildman–Crippen LogP) is 1.77. The van der Waals surface area contributed by atoms with Crippen molar-refractivity contribution in [1.82, 2.24) is 4.90 Å². The standard InChI is InChI=1S/C15H25N3/c1-11-5-6-12(2)15(7-11)18-13(3)9-17(4)10-14(18)8-16/h5-7,13-14H,8-10,16H2,1-4H3. The molecule has 0 amide bonds. The highest BCUT2D eigenvalue weighted by Gasteiger charge is 2.30. The van der Waals surface area contributed by atoms with E-state index >= 15 is 0 Å². The highest BCUT2D eigenvalue weighted by molar-refractivity contribution is 5.57. The van der Waals surface area contributed by atoms with E-state index in [-0.39, 0.29) is 0 Å². The first-order chi connectivity index (χ1) is 8.52. The Morgan fingerprint density at radius 2 is 2.00 bits per heavy atom. The van der Waals surface area contributed by atoms with Crippen LogP contribution < -0.4 is 10.6 Å². The fourth-order valence-corrected chi connectivity index (χ4v) is 3.04. The average Bonchev–Trinajstić information content (AvgIpc) is 2.32. The van der Waals surface area contributed by atoms with Gasteiger partial charge >= 0.3 is 0 Å². The second-order valence-electron chi connectivity index (χ2n) is 5.66. The van der Waals surface area contributed by atoms with Gasteiger partial charge in [-0.05, 0) is 45.0 Å². The number of nitrogens with zero attached hydrogens (tertiary/aromatic N) is 2. The summed E-state index contributed by atoms with van der Waals surface area (Å²) in [5.41, 5.74) is 9.99. The first-order valence-corrected chi connectivity index (χ1v) is 6.77. The summed E-state index contributed by atoms with van der Waals surface area (Å²) in [6, 6.07) is 7.61. The summed E-state index contributed by atoms with van der Waals surface area (Å²) in [5.74, 6) is 0. The fourth-order valence-electron chi connectivity index (χ4n) is 3.04. The van der Waals surface area contributed by atoms with Gasteiger partial charge in [0.2, 0.25) is 0 Å². The Morgan fingerprint density at radius 3 is 2.67 bits per heavy atom. The normalized spacial score (nSPS) is 25.5. The maximum atomic E-state index is 5.98. The third kappa shape index (κ3) is 2.52. The molecule has 100 valence electrons. The zero-order valence-corrected chi connectivity index (χ0v) is 12.0. The van der Waals surface area contributed by atoms with Crippen molar-refractivity contribution in [2.75, 3.05) is 31.6 Å². The van der Waals surface area contributed by atoms with Crippen LogP contribution in [0, 0.1) is 13.8 Å². The lowest BCUT2D eigenvalue weighted by Crippen LogP contribution is -2.59. The van der Waals surface area contributed by atoms with E-state index in [4.69, 9.17) is 5.73 Å². The molecule has 2 unspecified atom stereocenters. The van der Waals surface area contributed by atoms with Crippen molar-refractivity contribution in [1.29, 1.82) is 0 Å². The molecule has 0 spiro atoms. The lowest BCUT2D eigenvalue weighted by molar-refractivity contribution is 0.234. The highest BCUT2D eigenvalue weighted by atomic mass is 15.3. The maximum Gasteiger partial charge on any atom is 0.0542 e. The number of nitrogens with two attached hydrogens (primary N) is 1. The monoisotopic (exact) mass is 247 g/mol. The average molecular weight is 247 g/mol. The van der Waals surface area contributed by atoms with E-state index < -0.39 is 0 Å². The van der Waals surface area contributed by atoms with Crippen molar-refractivity contribution in [3.63, 3.8) is 0 Å². The molecule has 1 aliphatic heterocycles. The summed E-state index contributed by atoms with van der Waals surface area (Å²) in [6.07, 6.45) is 0. The fraction of sp³-hybridized carbons (Fsp3) is 0.600. The van der Waals surface area contributed by atoms with Gasteiger partial charge in [0.05, 0.1) is 6.04 Å². The minimum absolute atomic E-state index is 0.416. The van der Waals surface area contributed by atoms with Crippen LogP contribution in [0.2, 0.25) is 0 Å². The van der Waals surface area contributed by atoms with Gasteiger partial charge in [-0.3, -0.25) is 0 Å². The Kier molecular flexibility index (Phi) is 3.93. The first-order valence-electron chi connectivity index (χ1n) is 6.77. The lowest BCUT2D eigenvalue weighted by Gasteiger charge is -2.46. The van der Waals surface area contributed by atoms with Crippen LogP contribution >= 0.6 is 0 Å². The zero-order valence-electron chi connectivity index (χ0n) is 12.0. The molecule has 3 nitrogen and oxygen atoms in total. The van der Waals surface area contributed by atoms with E-state index in [2.05, 4.69) is 55.8 Å². The van der Waals surface area contributed by atoms with Crippen LogP contribution in [0.3, 0.4) is 0 Å². The molecule has 18 heavy (non-hydrogen) atoms. The predicted molar refractivity (Wildman–Crippen MR) is 78.2 cm³/mol. The van der Waals surface area contributed by atoms with Crippen LogP contribution in [-0.2, 0) is 0 Å². The van der Waals surface area contributed by atoms with E-state index in [1.54, 1.807) is 0 Å². The molecule has 1 aliphatic rings. The third-order valence-electron chi connectivity index (χ3n) is 3.88. The summed E-state index contributed by atoms with van der Waals surface area (Å²) >= 11 is 0. The number of aryl methyl sites for hydroxylation is 2. The SMILES string of the molecule is Cc1ccc(C)c(N2C(C)CN(C)CC2CN)c1. The van der Waals surface area contributed by atoms with Gasteiger partial charge in [0.1, 0.15) is 0 Å². The molecule has 3 heteroatoms. The molecule has 1 aromatic rings. The Labute approximate surface area is 111 Å². The van der Waals surface area contributed by atoms with Gasteiger partial charge in [0, 0.05) is 31.4 Å². The molecule has 1 aromatic carbocycles. The van der Waals surface area contributed by atoms with E-state index in [0.717, 1.165) is 13.1 Å². The summed E-state index contributed by atoms with van der Waals surface area (Å²) < 4.78 is 0. The van der Waals surface area contributed by atoms with Crippen LogP contribution in [0.15, 0.2) is 18.2 Å². The third-order valence-corrected chi connectivity index (χ3v) is 3.88. The maximum absolute atomic E-state index is 5.98. The summed E-state index contributed by atoms with van der Waals surface area (Å²) in [4.78, 5) is 4.89. The van der Waals surface area contributed by atoms with Crippen molar-refractivity contribution in [2.24, 2.45) is 5.73 Å². The largest absolute Gasteiger partial charge is 0.362 e. The van der Waals surface area contributed by atoms with Crippen molar-refractivity contribution in [3.8, 4) is 0 Å². The van der Waals surface area contributed by atoms with E-state index in [9.17, 15) is 0 Å². The quantitative estimate of drug-likeness (QED) is 0.864. The van der Waals surface area contributed by atoms with Gasteiger partial charge in [0.25, 0.3) is 0 Å². The van der Waals surface area contributed by atoms with E-state index in [0.29, 0.717) is 18.6 Å². The van der Waals surface area contributed by atoms with Gasteiger partial charge in [-0.15, -0.1) is 0 Å². The molecular formula is C15H25N3. The van der Waals surface area contributed by atoms with Gasteiger partial charge in [-0.1, -0.05) is 12.1 Å². The van der Waals surface area contributed by atoms with Crippen LogP contribution in [0.1, 0.15) is 18.1 Å². The molecule has 0 bridgehead atoms. The zero-order chi connectivity index (χ0) is 13.3. The van der Waals surface area contributed by atoms with Crippen LogP contribution in [-0.4, -0.2) is 43.7 Å². The van der Waals surface area contributed by atoms with E-state index in [1.807, 2.05) is 0 Å². The van der Waals surface area contributed by atoms with Crippen LogP contribution in [0.25, 0.3) is 0 Å². The molecule has 2 atom stereocenters. The van der Waals surface area contributed by atoms with Crippen LogP contribution in [0.5, 0.6) is 0 Å². The highest BCUT2D eigenvalue weighted by Crippen LogP contribution is 2.28. The number of hydrogen-bond acceptors (Lipinski definition) is 3. The number of rotatable bonds is 2. The van der Waals surface area contributed by atoms with E-state index in [1.165, 1.54) is 16.8 Å². The van der Waals surface area contributed by atoms with Crippen molar-refractivity contribution in [3.05, 3.63) is 29.3 Å². The number of anilines is 1. The summed E-state index contributed by atoms with van der Waals surface area (Å²) in [7, 11) is 2.18. The number of benzene rings is 1. The smallest absolute Gasteiger partial charge is 0.0542 e. The molecule has 0 aliphatic carbocycles. The minimum Gasteiger partial charge on any atom is -0.362 e. The van der Waals surface area contributed by atoms with Crippen LogP contribution in [0.4, 0.5) is 5.69 Å². The van der Waals surface area contributed by atoms with Crippen molar-refractivity contribution >= 4 is 5.69 Å². The molecular weight excluding hydrogens is 222 g/mol. The van der Waals surface area contributed by atoms with Gasteiger partial charge in [-0.25, -0.2) is 0 Å². The first kappa shape index (κ1) is 13.4. The summed E-state index contributed by atoms with van der Waals surface area (Å²) in [6.45, 7) is 9.49. The number of hydrogen-bond donors (Lipinski definition) is 1. The molecule has 1 heterocycles. The second-order valence-corrected chi connectivity index (χ2v) is 5.66. The Hall–Kier alpha value is -1.06. The molecule has 1 saturated heterocycles. The topological polar surface area (TPSA) is 32.5 Å². The molecule has 0 aromatic heterocycles. The van der Waals surface area contributed by atoms with Crippen molar-refractivity contribution in [2.45, 2.75) is 32.9 Å². The molecule has 2 rings (SSSR count). The number of likely N-dealkylation sites (N-methyl/N-ethyl adjacent to an activating group) is 1. The molecule has 0 radical (unpaired) electrons. The Balaban J connectivity index is 2.36. The number of piperazine rings is 1. The van der Waals surface area contributed by atoms with Gasteiger partial charge in [-0.2, -0.15) is 0 Å². The lowest BCUT2D eigenvalue weighted by atomic mass is 10.0. The van der Waals surface area contributed by atoms with Crippen molar-refractivity contribution < 1.29 is 0 Å².